The minimum absolute atomic E-state index is 0.231. The van der Waals surface area contributed by atoms with Crippen molar-refractivity contribution in [1.82, 2.24) is 10.6 Å². The van der Waals surface area contributed by atoms with Gasteiger partial charge in [-0.15, -0.1) is 0 Å². The normalized spacial score (nSPS) is 11.3. The fraction of sp³-hybridized carbons (Fsp3) is 0.192. The molecule has 0 saturated heterocycles. The average Bonchev–Trinajstić information content (AvgIpc) is 2.83. The van der Waals surface area contributed by atoms with Crippen LogP contribution < -0.4 is 16.0 Å². The molecule has 7 heteroatoms. The second-order valence-corrected chi connectivity index (χ2v) is 7.93. The van der Waals surface area contributed by atoms with Gasteiger partial charge in [-0.25, -0.2) is 0 Å². The standard InChI is InChI=1S/C26H26ClN3O3/c1-2-15-28-25(32)21-14-13-20(17-22(21)27)29-26(33)23(16-18-9-5-3-6-10-18)30-24(31)19-11-7-4-8-12-19/h3-14,17,23H,2,15-16H2,1H3,(H,28,32)(H,29,33)(H,30,31). The molecule has 33 heavy (non-hydrogen) atoms. The number of carbonyl (C=O) groups is 3. The summed E-state index contributed by atoms with van der Waals surface area (Å²) < 4.78 is 0. The van der Waals surface area contributed by atoms with Crippen molar-refractivity contribution in [1.29, 1.82) is 0 Å². The molecule has 170 valence electrons. The first-order chi connectivity index (χ1) is 16.0. The number of benzene rings is 3. The highest BCUT2D eigenvalue weighted by atomic mass is 35.5. The zero-order chi connectivity index (χ0) is 23.6. The number of hydrogen-bond acceptors (Lipinski definition) is 3. The molecule has 0 aliphatic carbocycles. The third-order valence-corrected chi connectivity index (χ3v) is 5.27. The Morgan fingerprint density at radius 1 is 0.879 bits per heavy atom. The lowest BCUT2D eigenvalue weighted by Gasteiger charge is -2.19. The van der Waals surface area contributed by atoms with E-state index in [1.807, 2.05) is 43.3 Å². The van der Waals surface area contributed by atoms with E-state index in [0.29, 0.717) is 29.8 Å². The van der Waals surface area contributed by atoms with Crippen LogP contribution in [0.5, 0.6) is 0 Å². The van der Waals surface area contributed by atoms with E-state index in [1.165, 1.54) is 6.07 Å². The van der Waals surface area contributed by atoms with Gasteiger partial charge in [0.05, 0.1) is 10.6 Å². The van der Waals surface area contributed by atoms with Crippen molar-refractivity contribution in [3.8, 4) is 0 Å². The highest BCUT2D eigenvalue weighted by Gasteiger charge is 2.22. The van der Waals surface area contributed by atoms with E-state index in [2.05, 4.69) is 16.0 Å². The van der Waals surface area contributed by atoms with Crippen LogP contribution >= 0.6 is 11.6 Å². The molecule has 1 atom stereocenters. The Kier molecular flexibility index (Phi) is 8.61. The first-order valence-electron chi connectivity index (χ1n) is 10.8. The summed E-state index contributed by atoms with van der Waals surface area (Å²) in [5.41, 5.74) is 2.14. The number of halogens is 1. The number of rotatable bonds is 9. The van der Waals surface area contributed by atoms with E-state index in [-0.39, 0.29) is 22.7 Å². The van der Waals surface area contributed by atoms with E-state index in [4.69, 9.17) is 11.6 Å². The summed E-state index contributed by atoms with van der Waals surface area (Å²) in [5, 5.41) is 8.63. The summed E-state index contributed by atoms with van der Waals surface area (Å²) in [5.74, 6) is -0.994. The lowest BCUT2D eigenvalue weighted by Crippen LogP contribution is -2.45. The number of carbonyl (C=O) groups excluding carboxylic acids is 3. The van der Waals surface area contributed by atoms with Crippen molar-refractivity contribution in [2.45, 2.75) is 25.8 Å². The van der Waals surface area contributed by atoms with Gasteiger partial charge in [-0.2, -0.15) is 0 Å². The number of nitrogens with one attached hydrogen (secondary N) is 3. The molecule has 0 aliphatic rings. The summed E-state index contributed by atoms with van der Waals surface area (Å²) >= 11 is 6.28. The Morgan fingerprint density at radius 3 is 2.18 bits per heavy atom. The molecule has 3 rings (SSSR count). The molecule has 0 bridgehead atoms. The van der Waals surface area contributed by atoms with E-state index in [1.54, 1.807) is 36.4 Å². The van der Waals surface area contributed by atoms with Crippen LogP contribution in [0.2, 0.25) is 5.02 Å². The zero-order valence-corrected chi connectivity index (χ0v) is 19.1. The van der Waals surface area contributed by atoms with Crippen LogP contribution in [0.3, 0.4) is 0 Å². The largest absolute Gasteiger partial charge is 0.352 e. The van der Waals surface area contributed by atoms with Gasteiger partial charge in [-0.1, -0.05) is 67.1 Å². The molecule has 0 heterocycles. The van der Waals surface area contributed by atoms with Crippen LogP contribution in [0, 0.1) is 0 Å². The zero-order valence-electron chi connectivity index (χ0n) is 18.3. The highest BCUT2D eigenvalue weighted by Crippen LogP contribution is 2.21. The second-order valence-electron chi connectivity index (χ2n) is 7.52. The van der Waals surface area contributed by atoms with Crippen molar-refractivity contribution in [2.24, 2.45) is 0 Å². The van der Waals surface area contributed by atoms with Crippen LogP contribution in [0.25, 0.3) is 0 Å². The van der Waals surface area contributed by atoms with Gasteiger partial charge in [-0.3, -0.25) is 14.4 Å². The van der Waals surface area contributed by atoms with Crippen molar-refractivity contribution in [3.05, 3.63) is 101 Å². The van der Waals surface area contributed by atoms with Crippen LogP contribution in [-0.2, 0) is 11.2 Å². The maximum atomic E-state index is 13.1. The van der Waals surface area contributed by atoms with Gasteiger partial charge in [0.1, 0.15) is 6.04 Å². The summed E-state index contributed by atoms with van der Waals surface area (Å²) in [6, 6.07) is 22.1. The summed E-state index contributed by atoms with van der Waals surface area (Å²) in [4.78, 5) is 38.0. The van der Waals surface area contributed by atoms with Gasteiger partial charge in [0.2, 0.25) is 5.91 Å². The fourth-order valence-electron chi connectivity index (χ4n) is 3.23. The predicted molar refractivity (Wildman–Crippen MR) is 131 cm³/mol. The van der Waals surface area contributed by atoms with E-state index in [0.717, 1.165) is 12.0 Å². The molecule has 3 aromatic carbocycles. The average molecular weight is 464 g/mol. The number of hydrogen-bond donors (Lipinski definition) is 3. The van der Waals surface area contributed by atoms with E-state index in [9.17, 15) is 14.4 Å². The van der Waals surface area contributed by atoms with Gasteiger partial charge in [0.15, 0.2) is 0 Å². The lowest BCUT2D eigenvalue weighted by atomic mass is 10.0. The molecule has 0 aromatic heterocycles. The van der Waals surface area contributed by atoms with Gasteiger partial charge >= 0.3 is 0 Å². The summed E-state index contributed by atoms with van der Waals surface area (Å²) in [6.07, 6.45) is 1.13. The van der Waals surface area contributed by atoms with E-state index < -0.39 is 6.04 Å². The molecule has 1 unspecified atom stereocenters. The summed E-state index contributed by atoms with van der Waals surface area (Å²) in [7, 11) is 0. The fourth-order valence-corrected chi connectivity index (χ4v) is 3.50. The molecular formula is C26H26ClN3O3. The van der Waals surface area contributed by atoms with Gasteiger partial charge in [0, 0.05) is 24.2 Å². The molecule has 3 amide bonds. The Bertz CT molecular complexity index is 1100. The molecule has 6 nitrogen and oxygen atoms in total. The minimum atomic E-state index is -0.814. The third-order valence-electron chi connectivity index (χ3n) is 4.96. The summed E-state index contributed by atoms with van der Waals surface area (Å²) in [6.45, 7) is 2.51. The van der Waals surface area contributed by atoms with Gasteiger partial charge < -0.3 is 16.0 Å². The third kappa shape index (κ3) is 6.92. The van der Waals surface area contributed by atoms with E-state index >= 15 is 0 Å². The topological polar surface area (TPSA) is 87.3 Å². The predicted octanol–water partition coefficient (Wildman–Crippen LogP) is 4.46. The smallest absolute Gasteiger partial charge is 0.252 e. The SMILES string of the molecule is CCCNC(=O)c1ccc(NC(=O)C(Cc2ccccc2)NC(=O)c2ccccc2)cc1Cl. The minimum Gasteiger partial charge on any atom is -0.352 e. The van der Waals surface area contributed by atoms with Crippen LogP contribution in [0.1, 0.15) is 39.6 Å². The van der Waals surface area contributed by atoms with Crippen molar-refractivity contribution >= 4 is 35.0 Å². The Balaban J connectivity index is 1.76. The quantitative estimate of drug-likeness (QED) is 0.438. The number of amides is 3. The second kappa shape index (κ2) is 11.8. The Labute approximate surface area is 198 Å². The molecular weight excluding hydrogens is 438 g/mol. The molecule has 0 spiro atoms. The molecule has 0 radical (unpaired) electrons. The lowest BCUT2D eigenvalue weighted by molar-refractivity contribution is -0.118. The highest BCUT2D eigenvalue weighted by molar-refractivity contribution is 6.34. The Morgan fingerprint density at radius 2 is 1.55 bits per heavy atom. The maximum Gasteiger partial charge on any atom is 0.252 e. The molecule has 3 N–H and O–H groups in total. The van der Waals surface area contributed by atoms with Crippen molar-refractivity contribution in [3.63, 3.8) is 0 Å². The van der Waals surface area contributed by atoms with Crippen LogP contribution in [-0.4, -0.2) is 30.3 Å². The number of anilines is 1. The Hall–Kier alpha value is -3.64. The monoisotopic (exact) mass is 463 g/mol. The van der Waals surface area contributed by atoms with Crippen LogP contribution in [0.4, 0.5) is 5.69 Å². The first-order valence-corrected chi connectivity index (χ1v) is 11.1. The van der Waals surface area contributed by atoms with Crippen molar-refractivity contribution in [2.75, 3.05) is 11.9 Å². The first kappa shape index (κ1) is 24.0. The maximum absolute atomic E-state index is 13.1. The van der Waals surface area contributed by atoms with Gasteiger partial charge in [-0.05, 0) is 42.3 Å². The van der Waals surface area contributed by atoms with Crippen LogP contribution in [0.15, 0.2) is 78.9 Å². The molecule has 3 aromatic rings. The molecule has 0 fully saturated rings. The molecule has 0 aliphatic heterocycles. The van der Waals surface area contributed by atoms with Crippen molar-refractivity contribution < 1.29 is 14.4 Å². The van der Waals surface area contributed by atoms with Gasteiger partial charge in [0.25, 0.3) is 11.8 Å². The molecule has 0 saturated carbocycles.